The van der Waals surface area contributed by atoms with E-state index in [2.05, 4.69) is 5.32 Å². The predicted octanol–water partition coefficient (Wildman–Crippen LogP) is 6.42. The number of hydrogen-bond donors (Lipinski definition) is 2. The first-order valence-corrected chi connectivity index (χ1v) is 14.9. The van der Waals surface area contributed by atoms with E-state index in [1.165, 1.54) is 13.8 Å². The zero-order valence-electron chi connectivity index (χ0n) is 23.6. The van der Waals surface area contributed by atoms with E-state index in [4.69, 9.17) is 0 Å². The second kappa shape index (κ2) is 10.1. The summed E-state index contributed by atoms with van der Waals surface area (Å²) in [5.74, 6) is -3.32. The molecule has 0 aromatic heterocycles. The topological polar surface area (TPSA) is 83.5 Å². The van der Waals surface area contributed by atoms with Crippen molar-refractivity contribution in [1.29, 1.82) is 0 Å². The van der Waals surface area contributed by atoms with Crippen LogP contribution < -0.4 is 5.32 Å². The molecular weight excluding hydrogens is 610 g/mol. The Hall–Kier alpha value is -2.74. The molecule has 5 nitrogen and oxygen atoms in total. The number of benzene rings is 2. The van der Waals surface area contributed by atoms with E-state index in [9.17, 15) is 53.4 Å². The van der Waals surface area contributed by atoms with E-state index in [-0.39, 0.29) is 47.8 Å². The van der Waals surface area contributed by atoms with Crippen molar-refractivity contribution in [3.05, 3.63) is 65.0 Å². The summed E-state index contributed by atoms with van der Waals surface area (Å²) in [6, 6.07) is 5.22. The Bertz CT molecular complexity index is 1500. The number of sulfone groups is 1. The fourth-order valence-corrected chi connectivity index (χ4v) is 8.72. The number of aryl methyl sites for hydroxylation is 1. The van der Waals surface area contributed by atoms with Gasteiger partial charge in [0.15, 0.2) is 9.84 Å². The average Bonchev–Trinajstić information content (AvgIpc) is 3.28. The highest BCUT2D eigenvalue weighted by molar-refractivity contribution is 7.92. The summed E-state index contributed by atoms with van der Waals surface area (Å²) in [5.41, 5.74) is -10.4. The predicted molar refractivity (Wildman–Crippen MR) is 140 cm³/mol. The molecule has 0 bridgehead atoms. The minimum atomic E-state index is -6.36. The Labute approximate surface area is 243 Å². The third kappa shape index (κ3) is 5.01. The van der Waals surface area contributed by atoms with Crippen molar-refractivity contribution in [3.8, 4) is 0 Å². The molecule has 3 atom stereocenters. The number of carbonyl (C=O) groups is 1. The van der Waals surface area contributed by atoms with Crippen molar-refractivity contribution in [1.82, 2.24) is 5.32 Å². The van der Waals surface area contributed by atoms with Gasteiger partial charge in [-0.15, -0.1) is 0 Å². The van der Waals surface area contributed by atoms with Crippen molar-refractivity contribution in [2.75, 3.05) is 0 Å². The number of alkyl halides is 7. The van der Waals surface area contributed by atoms with Gasteiger partial charge < -0.3 is 10.4 Å². The molecule has 2 aromatic carbocycles. The minimum Gasteiger partial charge on any atom is -0.388 e. The quantitative estimate of drug-likeness (QED) is 0.282. The van der Waals surface area contributed by atoms with E-state index < -0.39 is 72.9 Å². The van der Waals surface area contributed by atoms with Gasteiger partial charge in [0.25, 0.3) is 0 Å². The maximum atomic E-state index is 15.0. The molecule has 1 fully saturated rings. The molecule has 14 heteroatoms. The number of fused-ring (bicyclic) bond motifs is 3. The zero-order valence-corrected chi connectivity index (χ0v) is 24.4. The molecule has 1 saturated carbocycles. The molecule has 2 aromatic rings. The molecule has 238 valence electrons. The summed E-state index contributed by atoms with van der Waals surface area (Å²) >= 11 is 0. The maximum absolute atomic E-state index is 15.0. The SMILES string of the molecule is CC(C)(O)C(C)(C)NC(=O)[C@@H]1CC[C@@]2(S(=O)(=O)c3ccc(F)cc3)c3ccc(C(F)(C(F)(F)F)C(F)(F)F)cc3CC[C@@H]12. The fraction of sp³-hybridized carbons (Fsp3) is 0.552. The van der Waals surface area contributed by atoms with Gasteiger partial charge in [0, 0.05) is 11.5 Å². The fourth-order valence-electron chi connectivity index (χ4n) is 6.25. The Morgan fingerprint density at radius 2 is 1.47 bits per heavy atom. The molecule has 2 N–H and O–H groups in total. The van der Waals surface area contributed by atoms with Crippen LogP contribution in [-0.2, 0) is 31.5 Å². The number of aliphatic hydroxyl groups is 1. The number of rotatable bonds is 6. The van der Waals surface area contributed by atoms with E-state index in [0.29, 0.717) is 6.07 Å². The molecule has 0 radical (unpaired) electrons. The summed E-state index contributed by atoms with van der Waals surface area (Å²) < 4.78 is 137. The summed E-state index contributed by atoms with van der Waals surface area (Å²) in [7, 11) is -4.57. The molecule has 0 saturated heterocycles. The smallest absolute Gasteiger partial charge is 0.388 e. The molecular formula is C29H31F8NO4S. The van der Waals surface area contributed by atoms with E-state index in [1.807, 2.05) is 0 Å². The lowest BCUT2D eigenvalue weighted by Crippen LogP contribution is -2.59. The number of halogens is 8. The second-order valence-corrected chi connectivity index (χ2v) is 14.5. The highest BCUT2D eigenvalue weighted by Gasteiger charge is 2.74. The summed E-state index contributed by atoms with van der Waals surface area (Å²) in [6.07, 6.45) is -13.4. The van der Waals surface area contributed by atoms with Crippen molar-refractivity contribution >= 4 is 15.7 Å². The van der Waals surface area contributed by atoms with E-state index in [1.54, 1.807) is 13.8 Å². The van der Waals surface area contributed by atoms with Crippen LogP contribution in [0.1, 0.15) is 63.6 Å². The van der Waals surface area contributed by atoms with Crippen LogP contribution in [0.3, 0.4) is 0 Å². The molecule has 2 aliphatic carbocycles. The minimum absolute atomic E-state index is 0.0296. The zero-order chi connectivity index (χ0) is 32.6. The van der Waals surface area contributed by atoms with Crippen molar-refractivity contribution in [2.24, 2.45) is 11.8 Å². The molecule has 0 spiro atoms. The number of hydrogen-bond acceptors (Lipinski definition) is 4. The average molecular weight is 642 g/mol. The van der Waals surface area contributed by atoms with Gasteiger partial charge in [0.2, 0.25) is 5.91 Å². The first-order chi connectivity index (χ1) is 19.4. The Balaban J connectivity index is 1.91. The molecule has 0 unspecified atom stereocenters. The first-order valence-electron chi connectivity index (χ1n) is 13.4. The van der Waals surface area contributed by atoms with Gasteiger partial charge in [-0.25, -0.2) is 17.2 Å². The Morgan fingerprint density at radius 3 is 1.98 bits per heavy atom. The van der Waals surface area contributed by atoms with Crippen molar-refractivity contribution in [2.45, 2.75) is 92.2 Å². The first kappa shape index (κ1) is 33.2. The van der Waals surface area contributed by atoms with Crippen LogP contribution in [0.2, 0.25) is 0 Å². The lowest BCUT2D eigenvalue weighted by atomic mass is 9.72. The van der Waals surface area contributed by atoms with Crippen LogP contribution >= 0.6 is 0 Å². The van der Waals surface area contributed by atoms with Gasteiger partial charge in [0.05, 0.1) is 16.0 Å². The van der Waals surface area contributed by atoms with Crippen LogP contribution in [0, 0.1) is 17.7 Å². The van der Waals surface area contributed by atoms with Gasteiger partial charge >= 0.3 is 18.0 Å². The molecule has 0 heterocycles. The molecule has 43 heavy (non-hydrogen) atoms. The maximum Gasteiger partial charge on any atom is 0.435 e. The van der Waals surface area contributed by atoms with Crippen LogP contribution in [-0.4, -0.2) is 42.9 Å². The highest BCUT2D eigenvalue weighted by Crippen LogP contribution is 2.60. The third-order valence-electron chi connectivity index (χ3n) is 9.28. The highest BCUT2D eigenvalue weighted by atomic mass is 32.2. The molecule has 0 aliphatic heterocycles. The monoisotopic (exact) mass is 641 g/mol. The van der Waals surface area contributed by atoms with Gasteiger partial charge in [0.1, 0.15) is 10.6 Å². The van der Waals surface area contributed by atoms with Crippen LogP contribution in [0.5, 0.6) is 0 Å². The van der Waals surface area contributed by atoms with Crippen molar-refractivity contribution in [3.63, 3.8) is 0 Å². The van der Waals surface area contributed by atoms with Crippen LogP contribution in [0.15, 0.2) is 47.4 Å². The Kier molecular flexibility index (Phi) is 7.82. The van der Waals surface area contributed by atoms with Crippen LogP contribution in [0.4, 0.5) is 35.1 Å². The summed E-state index contributed by atoms with van der Waals surface area (Å²) in [5, 5.41) is 13.3. The van der Waals surface area contributed by atoms with Gasteiger partial charge in [-0.3, -0.25) is 4.79 Å². The van der Waals surface area contributed by atoms with E-state index >= 15 is 0 Å². The summed E-state index contributed by atoms with van der Waals surface area (Å²) in [4.78, 5) is 13.2. The van der Waals surface area contributed by atoms with Gasteiger partial charge in [-0.1, -0.05) is 18.2 Å². The number of nitrogens with one attached hydrogen (secondary N) is 1. The second-order valence-electron chi connectivity index (χ2n) is 12.3. The van der Waals surface area contributed by atoms with Crippen LogP contribution in [0.25, 0.3) is 0 Å². The largest absolute Gasteiger partial charge is 0.435 e. The Morgan fingerprint density at radius 1 is 0.907 bits per heavy atom. The molecule has 2 aliphatic rings. The third-order valence-corrected chi connectivity index (χ3v) is 11.9. The van der Waals surface area contributed by atoms with Gasteiger partial charge in [-0.2, -0.15) is 26.3 Å². The lowest BCUT2D eigenvalue weighted by Gasteiger charge is -2.43. The normalized spacial score (nSPS) is 23.5. The molecule has 4 rings (SSSR count). The molecule has 1 amide bonds. The number of carbonyl (C=O) groups excluding carboxylic acids is 1. The van der Waals surface area contributed by atoms with Gasteiger partial charge in [-0.05, 0) is 94.7 Å². The standard InChI is InChI=1S/C29H31F8NO4S/c1-24(2,25(3,4)40)38-23(39)20-13-14-26(43(41,42)19-9-7-18(30)8-10-19)21-12-6-17(15-16(21)5-11-22(20)26)27(31,28(32,33)34)29(35,36)37/h6-10,12,15,20,22,40H,5,11,13-14H2,1-4H3,(H,38,39)/t20-,22+,26-/m1/s1. The summed E-state index contributed by atoms with van der Waals surface area (Å²) in [6.45, 7) is 6.05. The lowest BCUT2D eigenvalue weighted by molar-refractivity contribution is -0.348. The number of amides is 1. The van der Waals surface area contributed by atoms with Crippen molar-refractivity contribution < 1.29 is 53.4 Å². The van der Waals surface area contributed by atoms with E-state index in [0.717, 1.165) is 30.3 Å².